The lowest BCUT2D eigenvalue weighted by Crippen LogP contribution is -2.53. The van der Waals surface area contributed by atoms with Crippen LogP contribution >= 0.6 is 0 Å². The van der Waals surface area contributed by atoms with Gasteiger partial charge < -0.3 is 11.1 Å². The van der Waals surface area contributed by atoms with Crippen molar-refractivity contribution in [3.05, 3.63) is 0 Å². The summed E-state index contributed by atoms with van der Waals surface area (Å²) in [5.74, 6) is 0.0859. The zero-order valence-electron chi connectivity index (χ0n) is 7.13. The van der Waals surface area contributed by atoms with Crippen LogP contribution in [0.4, 0.5) is 0 Å². The number of nitrogens with one attached hydrogen (secondary N) is 1. The number of hydrogen-bond donors (Lipinski definition) is 2. The van der Waals surface area contributed by atoms with E-state index in [1.807, 2.05) is 6.07 Å². The first-order valence-electron chi connectivity index (χ1n) is 4.03. The van der Waals surface area contributed by atoms with Crippen molar-refractivity contribution in [2.45, 2.75) is 25.3 Å². The second kappa shape index (κ2) is 3.11. The molecule has 1 amide bonds. The lowest BCUT2D eigenvalue weighted by molar-refractivity contribution is -0.126. The maximum Gasteiger partial charge on any atom is 0.240 e. The van der Waals surface area contributed by atoms with Gasteiger partial charge in [-0.1, -0.05) is 0 Å². The Balaban J connectivity index is 2.44. The maximum atomic E-state index is 11.3. The predicted molar refractivity (Wildman–Crippen MR) is 43.9 cm³/mol. The number of carbonyl (C=O) groups is 1. The Morgan fingerprint density at radius 2 is 2.42 bits per heavy atom. The average Bonchev–Trinajstić information content (AvgIpc) is 2.81. The lowest BCUT2D eigenvalue weighted by atomic mass is 9.96. The molecule has 0 heterocycles. The summed E-state index contributed by atoms with van der Waals surface area (Å²) >= 11 is 0. The number of rotatable bonds is 3. The number of nitrogens with zero attached hydrogens (tertiary/aromatic N) is 1. The highest BCUT2D eigenvalue weighted by atomic mass is 16.2. The van der Waals surface area contributed by atoms with Gasteiger partial charge in [-0.25, -0.2) is 0 Å². The minimum Gasteiger partial charge on any atom is -0.341 e. The molecule has 1 saturated carbocycles. The third-order valence-corrected chi connectivity index (χ3v) is 2.24. The van der Waals surface area contributed by atoms with Gasteiger partial charge in [0.2, 0.25) is 5.91 Å². The quantitative estimate of drug-likeness (QED) is 0.569. The largest absolute Gasteiger partial charge is 0.341 e. The topological polar surface area (TPSA) is 78.9 Å². The fourth-order valence-corrected chi connectivity index (χ4v) is 1.18. The van der Waals surface area contributed by atoms with E-state index in [1.165, 1.54) is 0 Å². The van der Waals surface area contributed by atoms with Crippen LogP contribution in [0.2, 0.25) is 0 Å². The van der Waals surface area contributed by atoms with Gasteiger partial charge in [-0.3, -0.25) is 4.79 Å². The highest BCUT2D eigenvalue weighted by Crippen LogP contribution is 2.37. The van der Waals surface area contributed by atoms with Gasteiger partial charge in [0.05, 0.1) is 11.6 Å². The van der Waals surface area contributed by atoms with Crippen molar-refractivity contribution in [2.75, 3.05) is 6.54 Å². The van der Waals surface area contributed by atoms with Crippen LogP contribution < -0.4 is 11.1 Å². The monoisotopic (exact) mass is 167 g/mol. The Kier molecular flexibility index (Phi) is 2.34. The van der Waals surface area contributed by atoms with E-state index >= 15 is 0 Å². The summed E-state index contributed by atoms with van der Waals surface area (Å²) in [4.78, 5) is 11.3. The molecule has 4 heteroatoms. The standard InChI is InChI=1S/C8H13N3O/c1-8(10,6-2-3-6)7(12)11-5-4-9/h6H,2-3,5,10H2,1H3,(H,11,12). The van der Waals surface area contributed by atoms with E-state index in [1.54, 1.807) is 6.92 Å². The van der Waals surface area contributed by atoms with Crippen LogP contribution in [-0.4, -0.2) is 18.0 Å². The molecule has 0 aliphatic heterocycles. The van der Waals surface area contributed by atoms with Gasteiger partial charge in [0, 0.05) is 0 Å². The molecule has 0 saturated heterocycles. The summed E-state index contributed by atoms with van der Waals surface area (Å²) in [6.07, 6.45) is 2.04. The Hall–Kier alpha value is -1.08. The van der Waals surface area contributed by atoms with E-state index in [4.69, 9.17) is 11.0 Å². The van der Waals surface area contributed by atoms with Crippen LogP contribution in [-0.2, 0) is 4.79 Å². The van der Waals surface area contributed by atoms with Crippen molar-refractivity contribution < 1.29 is 4.79 Å². The molecule has 1 rings (SSSR count). The Bertz CT molecular complexity index is 225. The van der Waals surface area contributed by atoms with Crippen LogP contribution in [0.3, 0.4) is 0 Å². The van der Waals surface area contributed by atoms with Gasteiger partial charge in [-0.05, 0) is 25.7 Å². The van der Waals surface area contributed by atoms with Crippen molar-refractivity contribution in [1.82, 2.24) is 5.32 Å². The molecule has 4 nitrogen and oxygen atoms in total. The van der Waals surface area contributed by atoms with Gasteiger partial charge in [0.1, 0.15) is 6.54 Å². The first-order chi connectivity index (χ1) is 5.59. The molecule has 0 aromatic rings. The third-order valence-electron chi connectivity index (χ3n) is 2.24. The van der Waals surface area contributed by atoms with Gasteiger partial charge in [0.15, 0.2) is 0 Å². The summed E-state index contributed by atoms with van der Waals surface area (Å²) < 4.78 is 0. The van der Waals surface area contributed by atoms with Crippen LogP contribution in [0.1, 0.15) is 19.8 Å². The highest BCUT2D eigenvalue weighted by molar-refractivity contribution is 5.86. The third kappa shape index (κ3) is 1.74. The Morgan fingerprint density at radius 1 is 1.83 bits per heavy atom. The predicted octanol–water partition coefficient (Wildman–Crippen LogP) is -0.246. The molecule has 3 N–H and O–H groups in total. The van der Waals surface area contributed by atoms with Gasteiger partial charge in [0.25, 0.3) is 0 Å². The average molecular weight is 167 g/mol. The summed E-state index contributed by atoms with van der Waals surface area (Å²) in [7, 11) is 0. The molecule has 1 aliphatic carbocycles. The molecule has 0 bridgehead atoms. The minimum atomic E-state index is -0.781. The summed E-state index contributed by atoms with van der Waals surface area (Å²) in [6.45, 7) is 1.76. The highest BCUT2D eigenvalue weighted by Gasteiger charge is 2.43. The van der Waals surface area contributed by atoms with Gasteiger partial charge in [-0.2, -0.15) is 5.26 Å². The molecule has 0 aromatic carbocycles. The van der Waals surface area contributed by atoms with E-state index < -0.39 is 5.54 Å². The van der Waals surface area contributed by atoms with Crippen LogP contribution in [0, 0.1) is 17.2 Å². The fourth-order valence-electron chi connectivity index (χ4n) is 1.18. The molecule has 0 aromatic heterocycles. The first-order valence-corrected chi connectivity index (χ1v) is 4.03. The van der Waals surface area contributed by atoms with Crippen molar-refractivity contribution in [3.63, 3.8) is 0 Å². The molecule has 0 radical (unpaired) electrons. The maximum absolute atomic E-state index is 11.3. The van der Waals surface area contributed by atoms with Crippen molar-refractivity contribution in [3.8, 4) is 6.07 Å². The number of hydrogen-bond acceptors (Lipinski definition) is 3. The summed E-state index contributed by atoms with van der Waals surface area (Å²) in [6, 6.07) is 1.84. The molecule has 1 unspecified atom stereocenters. The van der Waals surface area contributed by atoms with Crippen LogP contribution in [0.25, 0.3) is 0 Å². The summed E-state index contributed by atoms with van der Waals surface area (Å²) in [5.41, 5.74) is 5.00. The van der Waals surface area contributed by atoms with Gasteiger partial charge in [-0.15, -0.1) is 0 Å². The molecule has 66 valence electrons. The van der Waals surface area contributed by atoms with E-state index in [2.05, 4.69) is 5.32 Å². The van der Waals surface area contributed by atoms with Crippen molar-refractivity contribution in [1.29, 1.82) is 5.26 Å². The molecule has 0 spiro atoms. The normalized spacial score (nSPS) is 20.8. The zero-order chi connectivity index (χ0) is 9.19. The molecule has 1 atom stereocenters. The minimum absolute atomic E-state index is 0.0400. The van der Waals surface area contributed by atoms with Gasteiger partial charge >= 0.3 is 0 Å². The molecule has 1 aliphatic rings. The zero-order valence-corrected chi connectivity index (χ0v) is 7.13. The number of nitrogens with two attached hydrogens (primary N) is 1. The van der Waals surface area contributed by atoms with E-state index in [9.17, 15) is 4.79 Å². The van der Waals surface area contributed by atoms with E-state index in [0.717, 1.165) is 12.8 Å². The first kappa shape index (κ1) is 9.01. The Morgan fingerprint density at radius 3 is 2.83 bits per heavy atom. The van der Waals surface area contributed by atoms with Crippen LogP contribution in [0.5, 0.6) is 0 Å². The second-order valence-electron chi connectivity index (χ2n) is 3.40. The molecule has 12 heavy (non-hydrogen) atoms. The van der Waals surface area contributed by atoms with E-state index in [-0.39, 0.29) is 12.5 Å². The smallest absolute Gasteiger partial charge is 0.240 e. The number of amides is 1. The second-order valence-corrected chi connectivity index (χ2v) is 3.40. The Labute approximate surface area is 71.7 Å². The number of nitriles is 1. The molecule has 1 fully saturated rings. The SMILES string of the molecule is CC(N)(C(=O)NCC#N)C1CC1. The molecular formula is C8H13N3O. The van der Waals surface area contributed by atoms with Crippen molar-refractivity contribution in [2.24, 2.45) is 11.7 Å². The summed E-state index contributed by atoms with van der Waals surface area (Å²) in [5, 5.41) is 10.7. The lowest BCUT2D eigenvalue weighted by Gasteiger charge is -2.22. The van der Waals surface area contributed by atoms with Crippen molar-refractivity contribution >= 4 is 5.91 Å². The molecular weight excluding hydrogens is 154 g/mol. The van der Waals surface area contributed by atoms with E-state index in [0.29, 0.717) is 5.92 Å². The fraction of sp³-hybridized carbons (Fsp3) is 0.750. The number of carbonyl (C=O) groups excluding carboxylic acids is 1. The van der Waals surface area contributed by atoms with Crippen LogP contribution in [0.15, 0.2) is 0 Å².